The Morgan fingerprint density at radius 1 is 1.29 bits per heavy atom. The first-order chi connectivity index (χ1) is 6.48. The normalized spacial score (nSPS) is 15.9. The van der Waals surface area contributed by atoms with Crippen molar-refractivity contribution >= 4 is 0 Å². The third-order valence-electron chi connectivity index (χ3n) is 2.46. The van der Waals surface area contributed by atoms with Gasteiger partial charge in [-0.3, -0.25) is 0 Å². The van der Waals surface area contributed by atoms with Gasteiger partial charge in [0.05, 0.1) is 5.60 Å². The molecule has 0 aromatic heterocycles. The number of aliphatic hydroxyl groups is 1. The standard InChI is InChI=1S/C12H27NO/c1-5-6-7-12(4,14)8-9-13-10-11(2)3/h11,13-14H,5-10H2,1-4H3. The van der Waals surface area contributed by atoms with Crippen LogP contribution in [0.4, 0.5) is 0 Å². The van der Waals surface area contributed by atoms with Gasteiger partial charge in [-0.1, -0.05) is 33.6 Å². The molecule has 0 heterocycles. The quantitative estimate of drug-likeness (QED) is 0.592. The highest BCUT2D eigenvalue weighted by Gasteiger charge is 2.18. The van der Waals surface area contributed by atoms with E-state index < -0.39 is 5.60 Å². The first kappa shape index (κ1) is 13.9. The van der Waals surface area contributed by atoms with Gasteiger partial charge in [0.15, 0.2) is 0 Å². The van der Waals surface area contributed by atoms with Gasteiger partial charge in [-0.25, -0.2) is 0 Å². The van der Waals surface area contributed by atoms with E-state index in [1.165, 1.54) is 0 Å². The smallest absolute Gasteiger partial charge is 0.0631 e. The maximum atomic E-state index is 9.97. The third-order valence-corrected chi connectivity index (χ3v) is 2.46. The van der Waals surface area contributed by atoms with Crippen LogP contribution >= 0.6 is 0 Å². The van der Waals surface area contributed by atoms with E-state index in [1.807, 2.05) is 6.92 Å². The molecular weight excluding hydrogens is 174 g/mol. The summed E-state index contributed by atoms with van der Waals surface area (Å²) in [4.78, 5) is 0. The average Bonchev–Trinajstić information content (AvgIpc) is 2.09. The molecule has 1 atom stereocenters. The summed E-state index contributed by atoms with van der Waals surface area (Å²) >= 11 is 0. The lowest BCUT2D eigenvalue weighted by Crippen LogP contribution is -2.31. The molecule has 0 aromatic rings. The zero-order chi connectivity index (χ0) is 11.0. The molecule has 0 aliphatic carbocycles. The molecule has 0 fully saturated rings. The lowest BCUT2D eigenvalue weighted by Gasteiger charge is -2.23. The highest BCUT2D eigenvalue weighted by Crippen LogP contribution is 2.16. The lowest BCUT2D eigenvalue weighted by atomic mass is 9.95. The Morgan fingerprint density at radius 2 is 1.93 bits per heavy atom. The van der Waals surface area contributed by atoms with Crippen molar-refractivity contribution in [2.45, 2.75) is 59.0 Å². The molecule has 0 saturated heterocycles. The fourth-order valence-corrected chi connectivity index (χ4v) is 1.43. The van der Waals surface area contributed by atoms with E-state index in [0.717, 1.165) is 38.8 Å². The molecular formula is C12H27NO. The van der Waals surface area contributed by atoms with Crippen molar-refractivity contribution in [3.8, 4) is 0 Å². The highest BCUT2D eigenvalue weighted by molar-refractivity contribution is 4.73. The largest absolute Gasteiger partial charge is 0.390 e. The van der Waals surface area contributed by atoms with Crippen molar-refractivity contribution in [2.24, 2.45) is 5.92 Å². The Morgan fingerprint density at radius 3 is 2.43 bits per heavy atom. The van der Waals surface area contributed by atoms with Crippen LogP contribution in [0, 0.1) is 5.92 Å². The second kappa shape index (κ2) is 7.24. The summed E-state index contributed by atoms with van der Waals surface area (Å²) < 4.78 is 0. The zero-order valence-corrected chi connectivity index (χ0v) is 10.3. The molecule has 0 amide bonds. The molecule has 1 unspecified atom stereocenters. The van der Waals surface area contributed by atoms with Crippen LogP contribution in [0.15, 0.2) is 0 Å². The molecule has 0 aliphatic heterocycles. The minimum atomic E-state index is -0.472. The van der Waals surface area contributed by atoms with Crippen molar-refractivity contribution in [1.29, 1.82) is 0 Å². The summed E-state index contributed by atoms with van der Waals surface area (Å²) in [5.41, 5.74) is -0.472. The number of hydrogen-bond acceptors (Lipinski definition) is 2. The number of rotatable bonds is 8. The Balaban J connectivity index is 3.44. The minimum Gasteiger partial charge on any atom is -0.390 e. The Kier molecular flexibility index (Phi) is 7.20. The minimum absolute atomic E-state index is 0.472. The highest BCUT2D eigenvalue weighted by atomic mass is 16.3. The molecule has 2 nitrogen and oxygen atoms in total. The summed E-state index contributed by atoms with van der Waals surface area (Å²) in [6.45, 7) is 10.5. The molecule has 0 rings (SSSR count). The fraction of sp³-hybridized carbons (Fsp3) is 1.00. The first-order valence-corrected chi connectivity index (χ1v) is 5.91. The maximum Gasteiger partial charge on any atom is 0.0631 e. The van der Waals surface area contributed by atoms with Gasteiger partial charge in [-0.2, -0.15) is 0 Å². The summed E-state index contributed by atoms with van der Waals surface area (Å²) in [5.74, 6) is 0.690. The average molecular weight is 201 g/mol. The topological polar surface area (TPSA) is 32.3 Å². The van der Waals surface area contributed by atoms with Crippen LogP contribution in [0.2, 0.25) is 0 Å². The molecule has 0 saturated carbocycles. The van der Waals surface area contributed by atoms with Gasteiger partial charge in [0.2, 0.25) is 0 Å². The Hall–Kier alpha value is -0.0800. The van der Waals surface area contributed by atoms with Gasteiger partial charge in [0.25, 0.3) is 0 Å². The Bertz CT molecular complexity index is 132. The van der Waals surface area contributed by atoms with E-state index in [1.54, 1.807) is 0 Å². The van der Waals surface area contributed by atoms with Crippen LogP contribution in [0.5, 0.6) is 0 Å². The fourth-order valence-electron chi connectivity index (χ4n) is 1.43. The van der Waals surface area contributed by atoms with Crippen LogP contribution in [0.3, 0.4) is 0 Å². The lowest BCUT2D eigenvalue weighted by molar-refractivity contribution is 0.0399. The van der Waals surface area contributed by atoms with E-state index in [-0.39, 0.29) is 0 Å². The molecule has 86 valence electrons. The number of hydrogen-bond donors (Lipinski definition) is 2. The van der Waals surface area contributed by atoms with E-state index in [4.69, 9.17) is 0 Å². The van der Waals surface area contributed by atoms with Gasteiger partial charge < -0.3 is 10.4 Å². The van der Waals surface area contributed by atoms with Gasteiger partial charge in [0.1, 0.15) is 0 Å². The predicted molar refractivity (Wildman–Crippen MR) is 62.5 cm³/mol. The van der Waals surface area contributed by atoms with Gasteiger partial charge in [-0.05, 0) is 38.8 Å². The van der Waals surface area contributed by atoms with Gasteiger partial charge >= 0.3 is 0 Å². The van der Waals surface area contributed by atoms with Crippen LogP contribution in [0.1, 0.15) is 53.4 Å². The van der Waals surface area contributed by atoms with E-state index in [2.05, 4.69) is 26.1 Å². The monoisotopic (exact) mass is 201 g/mol. The Labute approximate surface area is 89.1 Å². The molecule has 0 aromatic carbocycles. The van der Waals surface area contributed by atoms with E-state index >= 15 is 0 Å². The summed E-state index contributed by atoms with van der Waals surface area (Å²) in [6.07, 6.45) is 4.07. The van der Waals surface area contributed by atoms with Gasteiger partial charge in [-0.15, -0.1) is 0 Å². The summed E-state index contributed by atoms with van der Waals surface area (Å²) in [6, 6.07) is 0. The maximum absolute atomic E-state index is 9.97. The molecule has 2 N–H and O–H groups in total. The van der Waals surface area contributed by atoms with E-state index in [0.29, 0.717) is 5.92 Å². The van der Waals surface area contributed by atoms with Crippen LogP contribution in [-0.2, 0) is 0 Å². The summed E-state index contributed by atoms with van der Waals surface area (Å²) in [7, 11) is 0. The van der Waals surface area contributed by atoms with Crippen molar-refractivity contribution in [1.82, 2.24) is 5.32 Å². The van der Waals surface area contributed by atoms with Crippen molar-refractivity contribution in [3.63, 3.8) is 0 Å². The van der Waals surface area contributed by atoms with Crippen LogP contribution in [-0.4, -0.2) is 23.8 Å². The molecule has 0 spiro atoms. The predicted octanol–water partition coefficient (Wildman–Crippen LogP) is 2.56. The van der Waals surface area contributed by atoms with Gasteiger partial charge in [0, 0.05) is 0 Å². The second-order valence-corrected chi connectivity index (χ2v) is 4.95. The first-order valence-electron chi connectivity index (χ1n) is 5.91. The van der Waals surface area contributed by atoms with Crippen LogP contribution in [0.25, 0.3) is 0 Å². The van der Waals surface area contributed by atoms with Crippen molar-refractivity contribution in [3.05, 3.63) is 0 Å². The number of nitrogens with one attached hydrogen (secondary N) is 1. The number of unbranched alkanes of at least 4 members (excludes halogenated alkanes) is 1. The molecule has 2 heteroatoms. The molecule has 0 radical (unpaired) electrons. The second-order valence-electron chi connectivity index (χ2n) is 4.95. The molecule has 0 aliphatic rings. The van der Waals surface area contributed by atoms with Crippen molar-refractivity contribution < 1.29 is 5.11 Å². The van der Waals surface area contributed by atoms with Crippen LogP contribution < -0.4 is 5.32 Å². The van der Waals surface area contributed by atoms with Crippen molar-refractivity contribution in [2.75, 3.05) is 13.1 Å². The third kappa shape index (κ3) is 8.52. The zero-order valence-electron chi connectivity index (χ0n) is 10.3. The molecule has 14 heavy (non-hydrogen) atoms. The van der Waals surface area contributed by atoms with E-state index in [9.17, 15) is 5.11 Å². The SMILES string of the molecule is CCCCC(C)(O)CCNCC(C)C. The molecule has 0 bridgehead atoms. The summed E-state index contributed by atoms with van der Waals surface area (Å²) in [5, 5.41) is 13.3.